The molecule has 1 heterocycles. The van der Waals surface area contributed by atoms with Crippen LogP contribution in [0.4, 0.5) is 0 Å². The fourth-order valence-electron chi connectivity index (χ4n) is 1.88. The molecule has 0 aromatic carbocycles. The van der Waals surface area contributed by atoms with Crippen LogP contribution in [0.5, 0.6) is 0 Å². The molecule has 0 bridgehead atoms. The van der Waals surface area contributed by atoms with E-state index in [1.165, 1.54) is 0 Å². The summed E-state index contributed by atoms with van der Waals surface area (Å²) in [7, 11) is 1.80. The maximum Gasteiger partial charge on any atom is 0.231 e. The van der Waals surface area contributed by atoms with Crippen molar-refractivity contribution in [2.24, 2.45) is 17.6 Å². The Morgan fingerprint density at radius 3 is 2.88 bits per heavy atom. The lowest BCUT2D eigenvalue weighted by atomic mass is 10.0. The Balaban J connectivity index is 2.41. The van der Waals surface area contributed by atoms with Crippen LogP contribution in [0, 0.1) is 11.8 Å². The normalized spacial score (nSPS) is 22.5. The van der Waals surface area contributed by atoms with E-state index in [9.17, 15) is 4.79 Å². The van der Waals surface area contributed by atoms with Crippen molar-refractivity contribution in [3.05, 3.63) is 0 Å². The molecule has 92 valence electrons. The molecule has 0 spiro atoms. The molecule has 1 aliphatic rings. The average Bonchev–Trinajstić information content (AvgIpc) is 2.28. The maximum atomic E-state index is 11.9. The van der Waals surface area contributed by atoms with Crippen molar-refractivity contribution in [1.29, 1.82) is 0 Å². The molecule has 5 heteroatoms. The zero-order valence-electron chi connectivity index (χ0n) is 9.94. The summed E-state index contributed by atoms with van der Waals surface area (Å²) in [5.74, 6) is 0.0730. The zero-order chi connectivity index (χ0) is 12.1. The van der Waals surface area contributed by atoms with Gasteiger partial charge in [-0.15, -0.1) is 0 Å². The minimum absolute atomic E-state index is 0.00178. The predicted octanol–water partition coefficient (Wildman–Crippen LogP) is 0.794. The summed E-state index contributed by atoms with van der Waals surface area (Å²) in [6.07, 6.45) is 2.20. The smallest absolute Gasteiger partial charge is 0.231 e. The number of amides is 1. The van der Waals surface area contributed by atoms with Crippen molar-refractivity contribution < 1.29 is 9.53 Å². The van der Waals surface area contributed by atoms with Crippen LogP contribution in [0.15, 0.2) is 0 Å². The molecule has 4 nitrogen and oxygen atoms in total. The van der Waals surface area contributed by atoms with Crippen LogP contribution < -0.4 is 5.73 Å². The second kappa shape index (κ2) is 6.15. The Kier molecular flexibility index (Phi) is 5.15. The van der Waals surface area contributed by atoms with Gasteiger partial charge in [-0.1, -0.05) is 12.2 Å². The Morgan fingerprint density at radius 2 is 2.38 bits per heavy atom. The van der Waals surface area contributed by atoms with Crippen molar-refractivity contribution in [3.63, 3.8) is 0 Å². The van der Waals surface area contributed by atoms with Crippen molar-refractivity contribution in [2.45, 2.75) is 19.8 Å². The Morgan fingerprint density at radius 1 is 1.69 bits per heavy atom. The lowest BCUT2D eigenvalue weighted by Gasteiger charge is -2.28. The third-order valence-corrected chi connectivity index (χ3v) is 3.31. The van der Waals surface area contributed by atoms with Crippen LogP contribution in [-0.2, 0) is 9.53 Å². The number of nitrogens with zero attached hydrogens (tertiary/aromatic N) is 1. The minimum Gasteiger partial charge on any atom is -0.393 e. The molecule has 2 atom stereocenters. The van der Waals surface area contributed by atoms with Gasteiger partial charge in [0.05, 0.1) is 17.5 Å². The molecule has 2 N–H and O–H groups in total. The highest BCUT2D eigenvalue weighted by molar-refractivity contribution is 7.80. The molecule has 1 rings (SSSR count). The second-order valence-corrected chi connectivity index (χ2v) is 4.90. The largest absolute Gasteiger partial charge is 0.393 e. The number of carbonyl (C=O) groups excluding carboxylic acids is 1. The minimum atomic E-state index is -0.371. The van der Waals surface area contributed by atoms with Crippen molar-refractivity contribution in [3.8, 4) is 0 Å². The summed E-state index contributed by atoms with van der Waals surface area (Å²) in [5.41, 5.74) is 5.47. The molecule has 0 saturated carbocycles. The van der Waals surface area contributed by atoms with Gasteiger partial charge in [0.2, 0.25) is 5.91 Å². The van der Waals surface area contributed by atoms with Crippen molar-refractivity contribution in [2.75, 3.05) is 26.8 Å². The van der Waals surface area contributed by atoms with Gasteiger partial charge in [0.1, 0.15) is 0 Å². The van der Waals surface area contributed by atoms with Crippen LogP contribution in [-0.4, -0.2) is 42.6 Å². The summed E-state index contributed by atoms with van der Waals surface area (Å²) >= 11 is 4.82. The van der Waals surface area contributed by atoms with E-state index in [1.54, 1.807) is 18.9 Å². The fourth-order valence-corrected chi connectivity index (χ4v) is 1.98. The van der Waals surface area contributed by atoms with Crippen LogP contribution in [0.1, 0.15) is 19.8 Å². The number of carbonyl (C=O) groups is 1. The van der Waals surface area contributed by atoms with Crippen LogP contribution in [0.2, 0.25) is 0 Å². The van der Waals surface area contributed by atoms with Gasteiger partial charge in [-0.2, -0.15) is 0 Å². The first-order chi connectivity index (χ1) is 7.52. The third kappa shape index (κ3) is 3.72. The number of hydrogen-bond acceptors (Lipinski definition) is 3. The van der Waals surface area contributed by atoms with Gasteiger partial charge in [-0.3, -0.25) is 4.79 Å². The Hall–Kier alpha value is -0.680. The summed E-state index contributed by atoms with van der Waals surface area (Å²) in [6.45, 7) is 4.07. The second-order valence-electron chi connectivity index (χ2n) is 4.43. The lowest BCUT2D eigenvalue weighted by molar-refractivity contribution is -0.132. The first-order valence-corrected chi connectivity index (χ1v) is 6.05. The first-order valence-electron chi connectivity index (χ1n) is 5.64. The molecule has 1 fully saturated rings. The van der Waals surface area contributed by atoms with E-state index < -0.39 is 0 Å². The highest BCUT2D eigenvalue weighted by atomic mass is 32.1. The first kappa shape index (κ1) is 13.4. The summed E-state index contributed by atoms with van der Waals surface area (Å²) < 4.78 is 5.38. The zero-order valence-corrected chi connectivity index (χ0v) is 10.8. The van der Waals surface area contributed by atoms with Crippen molar-refractivity contribution in [1.82, 2.24) is 4.90 Å². The molecule has 0 aromatic rings. The molecule has 1 saturated heterocycles. The molecule has 0 aliphatic carbocycles. The van der Waals surface area contributed by atoms with Gasteiger partial charge in [-0.25, -0.2) is 0 Å². The van der Waals surface area contributed by atoms with E-state index in [2.05, 4.69) is 0 Å². The van der Waals surface area contributed by atoms with Gasteiger partial charge in [-0.05, 0) is 25.7 Å². The van der Waals surface area contributed by atoms with Crippen LogP contribution in [0.3, 0.4) is 0 Å². The van der Waals surface area contributed by atoms with Gasteiger partial charge in [0.15, 0.2) is 0 Å². The molecule has 2 unspecified atom stereocenters. The molecule has 0 aromatic heterocycles. The van der Waals surface area contributed by atoms with E-state index in [1.807, 2.05) is 0 Å². The van der Waals surface area contributed by atoms with E-state index >= 15 is 0 Å². The van der Waals surface area contributed by atoms with E-state index in [0.717, 1.165) is 32.6 Å². The Bertz CT molecular complexity index is 265. The fraction of sp³-hybridized carbons (Fsp3) is 0.818. The maximum absolute atomic E-state index is 11.9. The predicted molar refractivity (Wildman–Crippen MR) is 67.1 cm³/mol. The monoisotopic (exact) mass is 244 g/mol. The molecular weight excluding hydrogens is 224 g/mol. The van der Waals surface area contributed by atoms with E-state index in [-0.39, 0.29) is 16.8 Å². The molecule has 16 heavy (non-hydrogen) atoms. The third-order valence-electron chi connectivity index (χ3n) is 2.96. The average molecular weight is 244 g/mol. The van der Waals surface area contributed by atoms with Crippen LogP contribution in [0.25, 0.3) is 0 Å². The number of nitrogens with two attached hydrogens (primary N) is 1. The summed E-state index contributed by atoms with van der Waals surface area (Å²) in [5, 5.41) is 0. The summed E-state index contributed by atoms with van der Waals surface area (Å²) in [6, 6.07) is 0. The number of hydrogen-bond donors (Lipinski definition) is 1. The summed E-state index contributed by atoms with van der Waals surface area (Å²) in [4.78, 5) is 13.8. The molecular formula is C11H20N2O2S. The number of rotatable bonds is 4. The van der Waals surface area contributed by atoms with Crippen LogP contribution >= 0.6 is 12.2 Å². The Labute approximate surface area is 102 Å². The van der Waals surface area contributed by atoms with E-state index in [0.29, 0.717) is 5.92 Å². The standard InChI is InChI=1S/C11H20N2O2S/c1-8(10(12)16)11(14)13(2)6-9-4-3-5-15-7-9/h8-9H,3-7H2,1-2H3,(H2,12,16). The highest BCUT2D eigenvalue weighted by Crippen LogP contribution is 2.15. The van der Waals surface area contributed by atoms with E-state index in [4.69, 9.17) is 22.7 Å². The molecule has 0 radical (unpaired) electrons. The highest BCUT2D eigenvalue weighted by Gasteiger charge is 2.23. The van der Waals surface area contributed by atoms with Gasteiger partial charge < -0.3 is 15.4 Å². The number of thiocarbonyl (C=S) groups is 1. The SMILES string of the molecule is CC(C(=O)N(C)CC1CCCOC1)C(N)=S. The molecule has 1 amide bonds. The van der Waals surface area contributed by atoms with Crippen molar-refractivity contribution >= 4 is 23.1 Å². The van der Waals surface area contributed by atoms with Gasteiger partial charge in [0, 0.05) is 20.2 Å². The topological polar surface area (TPSA) is 55.6 Å². The lowest BCUT2D eigenvalue weighted by Crippen LogP contribution is -2.41. The number of ether oxygens (including phenoxy) is 1. The quantitative estimate of drug-likeness (QED) is 0.743. The van der Waals surface area contributed by atoms with Gasteiger partial charge >= 0.3 is 0 Å². The van der Waals surface area contributed by atoms with Gasteiger partial charge in [0.25, 0.3) is 0 Å². The molecule has 1 aliphatic heterocycles.